The van der Waals surface area contributed by atoms with Crippen LogP contribution in [0.2, 0.25) is 18.1 Å². The molecule has 4 aromatic carbocycles. The van der Waals surface area contributed by atoms with Gasteiger partial charge in [0.2, 0.25) is 11.8 Å². The zero-order chi connectivity index (χ0) is 37.8. The van der Waals surface area contributed by atoms with Crippen LogP contribution in [0.4, 0.5) is 0 Å². The summed E-state index contributed by atoms with van der Waals surface area (Å²) in [5, 5.41) is 16.2. The van der Waals surface area contributed by atoms with Crippen LogP contribution in [0.5, 0.6) is 0 Å². The highest BCUT2D eigenvalue weighted by molar-refractivity contribution is 7.96. The van der Waals surface area contributed by atoms with Crippen molar-refractivity contribution in [2.24, 2.45) is 5.92 Å². The Hall–Kier alpha value is -4.56. The summed E-state index contributed by atoms with van der Waals surface area (Å²) >= 11 is 0. The number of carboxylic acids is 1. The maximum Gasteiger partial charge on any atom is 0.353 e. The van der Waals surface area contributed by atoms with Crippen LogP contribution < -0.4 is 21.2 Å². The largest absolute Gasteiger partial charge is 0.477 e. The monoisotopic (exact) mass is 736 g/mol. The first-order chi connectivity index (χ1) is 24.6. The molecule has 0 radical (unpaired) electrons. The van der Waals surface area contributed by atoms with Gasteiger partial charge in [-0.25, -0.2) is 4.79 Å². The minimum absolute atomic E-state index is 0.0388. The molecule has 52 heavy (non-hydrogen) atoms. The van der Waals surface area contributed by atoms with Crippen molar-refractivity contribution in [3.05, 3.63) is 126 Å². The molecule has 1 fully saturated rings. The SMILES string of the molecule is CNC(=O)Cc1cccc(C(=O)C[C@@H]2[C@@H]([C@@H](C)O[Si](C)(C)C(C)(C)C)C(=O)N2C(C(=O)O)=P(c2ccccc2)(c2ccccc2)c2ccccc2)c1. The average Bonchev–Trinajstić information content (AvgIpc) is 3.12. The van der Waals surface area contributed by atoms with E-state index in [-0.39, 0.29) is 40.9 Å². The molecule has 0 unspecified atom stereocenters. The molecule has 8 nitrogen and oxygen atoms in total. The fourth-order valence-corrected chi connectivity index (χ4v) is 12.7. The molecule has 1 saturated heterocycles. The third-order valence-electron chi connectivity index (χ3n) is 10.5. The summed E-state index contributed by atoms with van der Waals surface area (Å²) in [7, 11) is -0.817. The Morgan fingerprint density at radius 1 is 0.846 bits per heavy atom. The minimum atomic E-state index is -3.25. The molecule has 2 N–H and O–H groups in total. The molecule has 10 heteroatoms. The van der Waals surface area contributed by atoms with E-state index in [1.54, 1.807) is 31.3 Å². The molecule has 272 valence electrons. The zero-order valence-corrected chi connectivity index (χ0v) is 32.9. The maximum absolute atomic E-state index is 14.8. The Bertz CT molecular complexity index is 1890. The number of likely N-dealkylation sites (N-methyl/N-ethyl adjacent to an activating group) is 1. The summed E-state index contributed by atoms with van der Waals surface area (Å²) < 4.78 is 6.79. The van der Waals surface area contributed by atoms with Crippen LogP contribution in [-0.4, -0.2) is 66.5 Å². The second kappa shape index (κ2) is 15.6. The molecule has 1 heterocycles. The maximum atomic E-state index is 14.8. The van der Waals surface area contributed by atoms with Crippen LogP contribution in [-0.2, 0) is 25.2 Å². The molecule has 0 spiro atoms. The van der Waals surface area contributed by atoms with Crippen LogP contribution in [0.15, 0.2) is 115 Å². The van der Waals surface area contributed by atoms with Crippen molar-refractivity contribution in [3.63, 3.8) is 0 Å². The van der Waals surface area contributed by atoms with Gasteiger partial charge in [-0.1, -0.05) is 130 Å². The minimum Gasteiger partial charge on any atom is -0.477 e. The Labute approximate surface area is 308 Å². The number of Topliss-reactive ketones (excluding diaryl/α,β-unsaturated/α-hetero) is 1. The molecule has 0 saturated carbocycles. The van der Waals surface area contributed by atoms with E-state index in [4.69, 9.17) is 4.43 Å². The molecular formula is C42H49N2O6PSi. The van der Waals surface area contributed by atoms with Gasteiger partial charge in [-0.2, -0.15) is 0 Å². The van der Waals surface area contributed by atoms with E-state index in [0.29, 0.717) is 11.1 Å². The Kier molecular flexibility index (Phi) is 11.6. The number of carboxylic acid groups (broad SMARTS) is 1. The number of aliphatic carboxylic acids is 1. The first-order valence-corrected chi connectivity index (χ1v) is 22.3. The van der Waals surface area contributed by atoms with Crippen molar-refractivity contribution in [1.29, 1.82) is 0 Å². The van der Waals surface area contributed by atoms with Gasteiger partial charge < -0.3 is 19.7 Å². The fourth-order valence-electron chi connectivity index (χ4n) is 6.89. The van der Waals surface area contributed by atoms with E-state index >= 15 is 0 Å². The predicted molar refractivity (Wildman–Crippen MR) is 213 cm³/mol. The van der Waals surface area contributed by atoms with Crippen LogP contribution in [0.25, 0.3) is 0 Å². The second-order valence-electron chi connectivity index (χ2n) is 14.9. The predicted octanol–water partition coefficient (Wildman–Crippen LogP) is 5.99. The first-order valence-electron chi connectivity index (χ1n) is 17.6. The summed E-state index contributed by atoms with van der Waals surface area (Å²) in [6, 6.07) is 34.7. The lowest BCUT2D eigenvalue weighted by Crippen LogP contribution is -2.69. The Morgan fingerprint density at radius 3 is 1.79 bits per heavy atom. The molecule has 0 aromatic heterocycles. The van der Waals surface area contributed by atoms with Gasteiger partial charge in [-0.3, -0.25) is 14.4 Å². The van der Waals surface area contributed by atoms with Gasteiger partial charge in [0.25, 0.3) is 0 Å². The molecule has 4 aromatic rings. The molecule has 2 amide bonds. The van der Waals surface area contributed by atoms with Crippen LogP contribution >= 0.6 is 6.89 Å². The van der Waals surface area contributed by atoms with Crippen LogP contribution in [0, 0.1) is 5.92 Å². The summed E-state index contributed by atoms with van der Waals surface area (Å²) in [6.07, 6.45) is -0.587. The first kappa shape index (κ1) is 38.7. The van der Waals surface area contributed by atoms with Crippen LogP contribution in [0.3, 0.4) is 0 Å². The van der Waals surface area contributed by atoms with Crippen molar-refractivity contribution < 1.29 is 28.7 Å². The normalized spacial score (nSPS) is 16.8. The van der Waals surface area contributed by atoms with E-state index in [0.717, 1.165) is 15.9 Å². The highest BCUT2D eigenvalue weighted by atomic mass is 31.2. The van der Waals surface area contributed by atoms with E-state index in [1.807, 2.05) is 97.9 Å². The summed E-state index contributed by atoms with van der Waals surface area (Å²) in [6.45, 7) is 9.24. The van der Waals surface area contributed by atoms with Crippen molar-refractivity contribution in [3.8, 4) is 0 Å². The van der Waals surface area contributed by atoms with Gasteiger partial charge in [0.15, 0.2) is 14.1 Å². The summed E-state index contributed by atoms with van der Waals surface area (Å²) in [5.74, 6) is -2.79. The number of amides is 2. The number of β-lactam (4-membered cyclic amide) rings is 1. The second-order valence-corrected chi connectivity index (χ2v) is 22.9. The number of ketones is 1. The molecule has 1 aliphatic rings. The molecule has 3 atom stereocenters. The molecule has 0 aliphatic carbocycles. The smallest absolute Gasteiger partial charge is 0.353 e. The number of nitrogens with one attached hydrogen (secondary N) is 1. The quantitative estimate of drug-likeness (QED) is 0.0755. The Balaban J connectivity index is 1.76. The number of benzene rings is 4. The lowest BCUT2D eigenvalue weighted by molar-refractivity contribution is -0.155. The van der Waals surface area contributed by atoms with Gasteiger partial charge >= 0.3 is 5.97 Å². The van der Waals surface area contributed by atoms with E-state index in [9.17, 15) is 24.3 Å². The lowest BCUT2D eigenvalue weighted by atomic mass is 9.79. The molecule has 5 rings (SSSR count). The third kappa shape index (κ3) is 7.49. The lowest BCUT2D eigenvalue weighted by Gasteiger charge is -2.52. The van der Waals surface area contributed by atoms with Crippen molar-refractivity contribution >= 4 is 60.1 Å². The van der Waals surface area contributed by atoms with Crippen molar-refractivity contribution in [1.82, 2.24) is 10.2 Å². The van der Waals surface area contributed by atoms with Gasteiger partial charge in [0.05, 0.1) is 24.5 Å². The third-order valence-corrected chi connectivity index (χ3v) is 19.3. The Morgan fingerprint density at radius 2 is 1.35 bits per heavy atom. The highest BCUT2D eigenvalue weighted by Crippen LogP contribution is 2.50. The number of carbonyl (C=O) groups is 4. The molecular weight excluding hydrogens is 688 g/mol. The number of rotatable bonds is 13. The number of likely N-dealkylation sites (tertiary alicyclic amines) is 1. The summed E-state index contributed by atoms with van der Waals surface area (Å²) in [5.41, 5.74) is 1.03. The standard InChI is InChI=1S/C42H49N2O6PSi/c1-29(50-52(6,7)42(2,3)4)38-35(28-36(45)31-19-17-18-30(26-31)27-37(46)43-5)44(39(38)47)40(41(48)49)51(32-20-11-8-12-21-32,33-22-13-9-14-23-33)34-24-15-10-16-25-34/h8-26,29,35,38H,27-28H2,1-7H3,(H,43,46)(H,48,49)/t29-,35-,38-/m1/s1. The van der Waals surface area contributed by atoms with E-state index < -0.39 is 39.2 Å². The zero-order valence-electron chi connectivity index (χ0n) is 31.0. The van der Waals surface area contributed by atoms with Gasteiger partial charge in [0, 0.05) is 25.9 Å². The number of carbonyl (C=O) groups excluding carboxylic acids is 3. The van der Waals surface area contributed by atoms with Gasteiger partial charge in [0.1, 0.15) is 5.42 Å². The van der Waals surface area contributed by atoms with E-state index in [2.05, 4.69) is 39.2 Å². The highest BCUT2D eigenvalue weighted by Gasteiger charge is 2.57. The molecule has 1 aliphatic heterocycles. The average molecular weight is 737 g/mol. The van der Waals surface area contributed by atoms with Gasteiger partial charge in [-0.05, 0) is 52.6 Å². The number of hydrogen-bond acceptors (Lipinski definition) is 5. The van der Waals surface area contributed by atoms with Gasteiger partial charge in [-0.15, -0.1) is 0 Å². The molecule has 0 bridgehead atoms. The van der Waals surface area contributed by atoms with Crippen molar-refractivity contribution in [2.75, 3.05) is 7.05 Å². The number of hydrogen-bond donors (Lipinski definition) is 2. The number of nitrogens with zero attached hydrogens (tertiary/aromatic N) is 1. The van der Waals surface area contributed by atoms with Crippen LogP contribution in [0.1, 0.15) is 50.0 Å². The summed E-state index contributed by atoms with van der Waals surface area (Å²) in [4.78, 5) is 56.6. The van der Waals surface area contributed by atoms with E-state index in [1.165, 1.54) is 4.90 Å². The topological polar surface area (TPSA) is 113 Å². The van der Waals surface area contributed by atoms with Crippen molar-refractivity contribution in [2.45, 2.75) is 70.8 Å². The fraction of sp³-hybridized carbons (Fsp3) is 0.310.